The van der Waals surface area contributed by atoms with Crippen LogP contribution in [0.1, 0.15) is 36.0 Å². The first-order chi connectivity index (χ1) is 15.5. The third kappa shape index (κ3) is 5.71. The van der Waals surface area contributed by atoms with E-state index >= 15 is 0 Å². The van der Waals surface area contributed by atoms with Crippen LogP contribution in [0.2, 0.25) is 5.02 Å². The molecule has 0 amide bonds. The average Bonchev–Trinajstić information content (AvgIpc) is 2.75. The Hall–Kier alpha value is -2.50. The van der Waals surface area contributed by atoms with Gasteiger partial charge in [0, 0.05) is 19.6 Å². The van der Waals surface area contributed by atoms with Crippen LogP contribution >= 0.6 is 11.6 Å². The Morgan fingerprint density at radius 2 is 1.64 bits per heavy atom. The second-order valence-corrected chi connectivity index (χ2v) is 7.82. The van der Waals surface area contributed by atoms with E-state index in [0.29, 0.717) is 19.2 Å². The molecule has 1 saturated heterocycles. The van der Waals surface area contributed by atoms with Gasteiger partial charge in [0.1, 0.15) is 23.4 Å². The monoisotopic (exact) mass is 494 g/mol. The van der Waals surface area contributed by atoms with Gasteiger partial charge >= 0.3 is 12.4 Å². The minimum atomic E-state index is -4.88. The summed E-state index contributed by atoms with van der Waals surface area (Å²) in [7, 11) is 0. The molecule has 12 heteroatoms. The van der Waals surface area contributed by atoms with Crippen LogP contribution in [0.5, 0.6) is 11.5 Å². The number of halogens is 7. The van der Waals surface area contributed by atoms with Crippen LogP contribution in [0.25, 0.3) is 0 Å². The van der Waals surface area contributed by atoms with E-state index in [-0.39, 0.29) is 17.8 Å². The van der Waals surface area contributed by atoms with Gasteiger partial charge in [-0.25, -0.2) is 5.01 Å². The molecule has 1 aliphatic heterocycles. The largest absolute Gasteiger partial charge is 0.457 e. The standard InChI is InChI=1S/C21H21ClF6N4O/c22-17-5-4-14(9-15(17)20(23,24)25)33-19-8-13(11-29)18(10-16(19)21(26,27)28)32(12-30)31-6-2-1-3-7-31/h4-5,8-10,12,30H,1-3,6-7,11,29H2. The molecule has 33 heavy (non-hydrogen) atoms. The SMILES string of the molecule is N=CN(c1cc(C(F)(F)F)c(Oc2ccc(Cl)c(C(F)(F)F)c2)cc1CN)N1CCCCC1. The van der Waals surface area contributed by atoms with Gasteiger partial charge in [-0.15, -0.1) is 0 Å². The van der Waals surface area contributed by atoms with E-state index in [2.05, 4.69) is 0 Å². The molecular formula is C21H21ClF6N4O. The Kier molecular flexibility index (Phi) is 7.45. The van der Waals surface area contributed by atoms with Gasteiger partial charge in [-0.05, 0) is 48.7 Å². The molecule has 0 unspecified atom stereocenters. The minimum Gasteiger partial charge on any atom is -0.457 e. The zero-order valence-corrected chi connectivity index (χ0v) is 18.0. The fourth-order valence-electron chi connectivity index (χ4n) is 3.60. The van der Waals surface area contributed by atoms with E-state index < -0.39 is 40.0 Å². The van der Waals surface area contributed by atoms with E-state index in [4.69, 9.17) is 27.5 Å². The highest BCUT2D eigenvalue weighted by Crippen LogP contribution is 2.43. The van der Waals surface area contributed by atoms with E-state index in [9.17, 15) is 26.3 Å². The molecule has 0 spiro atoms. The van der Waals surface area contributed by atoms with E-state index in [1.54, 1.807) is 5.01 Å². The number of hydrazine groups is 1. The zero-order chi connectivity index (χ0) is 24.4. The van der Waals surface area contributed by atoms with Crippen molar-refractivity contribution in [1.82, 2.24) is 5.01 Å². The highest BCUT2D eigenvalue weighted by Gasteiger charge is 2.37. The molecule has 0 atom stereocenters. The number of rotatable bonds is 6. The molecule has 0 radical (unpaired) electrons. The first kappa shape index (κ1) is 25.1. The van der Waals surface area contributed by atoms with Crippen LogP contribution in [0.15, 0.2) is 30.3 Å². The van der Waals surface area contributed by atoms with Crippen molar-refractivity contribution < 1.29 is 31.1 Å². The second-order valence-electron chi connectivity index (χ2n) is 7.41. The Labute approximate surface area is 191 Å². The number of alkyl halides is 6. The lowest BCUT2D eigenvalue weighted by Gasteiger charge is -2.37. The molecule has 1 heterocycles. The van der Waals surface area contributed by atoms with Crippen molar-refractivity contribution >= 4 is 23.6 Å². The Balaban J connectivity index is 2.08. The maximum absolute atomic E-state index is 13.9. The van der Waals surface area contributed by atoms with Gasteiger partial charge in [0.05, 0.1) is 16.3 Å². The summed E-state index contributed by atoms with van der Waals surface area (Å²) in [4.78, 5) is 0. The normalized spacial score (nSPS) is 15.4. The number of anilines is 1. The number of nitrogens with zero attached hydrogens (tertiary/aromatic N) is 2. The van der Waals surface area contributed by atoms with Crippen molar-refractivity contribution in [1.29, 1.82) is 5.41 Å². The van der Waals surface area contributed by atoms with Gasteiger partial charge in [-0.1, -0.05) is 18.0 Å². The van der Waals surface area contributed by atoms with Crippen molar-refractivity contribution in [3.8, 4) is 11.5 Å². The number of piperidine rings is 1. The molecule has 5 nitrogen and oxygen atoms in total. The van der Waals surface area contributed by atoms with Crippen molar-refractivity contribution in [3.63, 3.8) is 0 Å². The molecule has 1 aliphatic rings. The lowest BCUT2D eigenvalue weighted by atomic mass is 10.1. The number of hydrogen-bond donors (Lipinski definition) is 2. The van der Waals surface area contributed by atoms with Gasteiger partial charge in [-0.2, -0.15) is 26.3 Å². The van der Waals surface area contributed by atoms with Gasteiger partial charge in [0.15, 0.2) is 0 Å². The third-order valence-corrected chi connectivity index (χ3v) is 5.51. The molecule has 3 N–H and O–H groups in total. The Bertz CT molecular complexity index is 1010. The van der Waals surface area contributed by atoms with Crippen LogP contribution in [0, 0.1) is 5.41 Å². The number of ether oxygens (including phenoxy) is 1. The van der Waals surface area contributed by atoms with E-state index in [0.717, 1.165) is 49.9 Å². The molecule has 0 aromatic heterocycles. The maximum atomic E-state index is 13.9. The smallest absolute Gasteiger partial charge is 0.420 e. The molecular weight excluding hydrogens is 474 g/mol. The predicted octanol–water partition coefficient (Wildman–Crippen LogP) is 6.44. The zero-order valence-electron chi connectivity index (χ0n) is 17.2. The number of nitrogens with one attached hydrogen (secondary N) is 1. The van der Waals surface area contributed by atoms with Gasteiger partial charge < -0.3 is 10.5 Å². The Morgan fingerprint density at radius 3 is 2.18 bits per heavy atom. The highest BCUT2D eigenvalue weighted by atomic mass is 35.5. The summed E-state index contributed by atoms with van der Waals surface area (Å²) in [5.41, 5.74) is 3.62. The quantitative estimate of drug-likeness (QED) is 0.275. The Morgan fingerprint density at radius 1 is 1.00 bits per heavy atom. The number of hydrogen-bond acceptors (Lipinski definition) is 4. The fourth-order valence-corrected chi connectivity index (χ4v) is 3.83. The lowest BCUT2D eigenvalue weighted by molar-refractivity contribution is -0.139. The topological polar surface area (TPSA) is 65.6 Å². The number of benzene rings is 2. The van der Waals surface area contributed by atoms with Crippen molar-refractivity contribution in [2.24, 2.45) is 5.73 Å². The molecule has 0 aliphatic carbocycles. The summed E-state index contributed by atoms with van der Waals surface area (Å²) in [6, 6.07) is 4.33. The average molecular weight is 495 g/mol. The van der Waals surface area contributed by atoms with Crippen molar-refractivity contribution in [3.05, 3.63) is 52.0 Å². The summed E-state index contributed by atoms with van der Waals surface area (Å²) < 4.78 is 86.4. The first-order valence-electron chi connectivity index (χ1n) is 9.99. The van der Waals surface area contributed by atoms with Crippen LogP contribution in [-0.2, 0) is 18.9 Å². The predicted molar refractivity (Wildman–Crippen MR) is 113 cm³/mol. The van der Waals surface area contributed by atoms with Gasteiger partial charge in [0.2, 0.25) is 0 Å². The summed E-state index contributed by atoms with van der Waals surface area (Å²) in [6.07, 6.45) is -6.15. The van der Waals surface area contributed by atoms with Gasteiger partial charge in [0.25, 0.3) is 0 Å². The van der Waals surface area contributed by atoms with Crippen LogP contribution in [0.4, 0.5) is 32.0 Å². The lowest BCUT2D eigenvalue weighted by Crippen LogP contribution is -2.45. The van der Waals surface area contributed by atoms with E-state index in [1.165, 1.54) is 5.01 Å². The maximum Gasteiger partial charge on any atom is 0.420 e. The third-order valence-electron chi connectivity index (χ3n) is 5.18. The molecule has 2 aromatic rings. The fraction of sp³-hybridized carbons (Fsp3) is 0.381. The van der Waals surface area contributed by atoms with E-state index in [1.807, 2.05) is 0 Å². The summed E-state index contributed by atoms with van der Waals surface area (Å²) >= 11 is 5.58. The first-order valence-corrected chi connectivity index (χ1v) is 10.4. The molecule has 0 bridgehead atoms. The molecule has 180 valence electrons. The summed E-state index contributed by atoms with van der Waals surface area (Å²) in [6.45, 7) is 0.935. The van der Waals surface area contributed by atoms with Crippen molar-refractivity contribution in [2.75, 3.05) is 18.1 Å². The van der Waals surface area contributed by atoms with Gasteiger partial charge in [-0.3, -0.25) is 10.4 Å². The molecule has 2 aromatic carbocycles. The summed E-state index contributed by atoms with van der Waals surface area (Å²) in [5, 5.41) is 10.2. The molecule has 1 fully saturated rings. The van der Waals surface area contributed by atoms with Crippen LogP contribution in [-0.4, -0.2) is 24.4 Å². The summed E-state index contributed by atoms with van der Waals surface area (Å²) in [5.74, 6) is -1.17. The second kappa shape index (κ2) is 9.78. The number of nitrogens with two attached hydrogens (primary N) is 1. The van der Waals surface area contributed by atoms with Crippen LogP contribution < -0.4 is 15.5 Å². The minimum absolute atomic E-state index is 0.0566. The molecule has 3 rings (SSSR count). The molecule has 0 saturated carbocycles. The van der Waals surface area contributed by atoms with Crippen LogP contribution in [0.3, 0.4) is 0 Å². The van der Waals surface area contributed by atoms with Crippen molar-refractivity contribution in [2.45, 2.75) is 38.2 Å². The highest BCUT2D eigenvalue weighted by molar-refractivity contribution is 6.31.